The van der Waals surface area contributed by atoms with Gasteiger partial charge in [0, 0.05) is 22.8 Å². The Bertz CT molecular complexity index is 1190. The highest BCUT2D eigenvalue weighted by Crippen LogP contribution is 2.62. The fraction of sp³-hybridized carbons (Fsp3) is 0.160. The zero-order valence-electron chi connectivity index (χ0n) is 17.2. The van der Waals surface area contributed by atoms with Crippen LogP contribution in [0.2, 0.25) is 0 Å². The van der Waals surface area contributed by atoms with Crippen molar-refractivity contribution in [2.75, 3.05) is 0 Å². The van der Waals surface area contributed by atoms with Crippen molar-refractivity contribution in [1.82, 2.24) is 0 Å². The summed E-state index contributed by atoms with van der Waals surface area (Å²) >= 11 is 0. The van der Waals surface area contributed by atoms with Gasteiger partial charge < -0.3 is 9.47 Å². The largest absolute Gasteiger partial charge is 0.460 e. The van der Waals surface area contributed by atoms with Crippen LogP contribution in [0.5, 0.6) is 0 Å². The number of hydrogen-bond acceptors (Lipinski definition) is 3. The lowest BCUT2D eigenvalue weighted by Gasteiger charge is -2.34. The molecule has 1 aliphatic rings. The van der Waals surface area contributed by atoms with Crippen molar-refractivity contribution in [1.29, 1.82) is 0 Å². The first-order valence-electron chi connectivity index (χ1n) is 9.96. The van der Waals surface area contributed by atoms with Gasteiger partial charge in [0.1, 0.15) is 0 Å². The highest BCUT2D eigenvalue weighted by molar-refractivity contribution is 6.04. The number of halogens is 6. The Morgan fingerprint density at radius 3 is 1.62 bits per heavy atom. The van der Waals surface area contributed by atoms with E-state index in [1.165, 1.54) is 60.7 Å². The number of benzene rings is 3. The van der Waals surface area contributed by atoms with Gasteiger partial charge in [-0.3, -0.25) is 4.79 Å². The monoisotopic (exact) mass is 478 g/mol. The lowest BCUT2D eigenvalue weighted by Crippen LogP contribution is -2.49. The predicted molar refractivity (Wildman–Crippen MR) is 109 cm³/mol. The molecule has 0 aromatic heterocycles. The molecule has 0 spiro atoms. The maximum Gasteiger partial charge on any atom is 0.460 e. The Hall–Kier alpha value is -3.59. The summed E-state index contributed by atoms with van der Waals surface area (Å²) in [6, 6.07) is 18.6. The van der Waals surface area contributed by atoms with E-state index in [4.69, 9.17) is 9.47 Å². The average Bonchev–Trinajstić information content (AvgIpc) is 3.18. The standard InChI is InChI=1S/C25H16F6O3/c26-24(27,28)22(18-12-6-2-7-13-18)21(16-20(32)17-10-4-1-5-11-17)33-23(34-22,25(29,30)31)19-14-8-3-9-15-19/h1-16H/b21-16-. The van der Waals surface area contributed by atoms with Crippen LogP contribution in [0.1, 0.15) is 21.5 Å². The van der Waals surface area contributed by atoms with Gasteiger partial charge in [-0.2, -0.15) is 26.3 Å². The van der Waals surface area contributed by atoms with Crippen LogP contribution in [-0.4, -0.2) is 18.1 Å². The van der Waals surface area contributed by atoms with Crippen molar-refractivity contribution in [3.63, 3.8) is 0 Å². The van der Waals surface area contributed by atoms with Gasteiger partial charge in [-0.25, -0.2) is 0 Å². The zero-order chi connectivity index (χ0) is 24.6. The molecule has 176 valence electrons. The molecule has 1 saturated heterocycles. The number of rotatable bonds is 4. The quantitative estimate of drug-likeness (QED) is 0.239. The van der Waals surface area contributed by atoms with E-state index in [1.54, 1.807) is 6.07 Å². The van der Waals surface area contributed by atoms with Crippen molar-refractivity contribution in [2.24, 2.45) is 0 Å². The Balaban J connectivity index is 2.02. The lowest BCUT2D eigenvalue weighted by atomic mass is 9.89. The first kappa shape index (κ1) is 23.6. The van der Waals surface area contributed by atoms with Crippen molar-refractivity contribution in [3.8, 4) is 0 Å². The van der Waals surface area contributed by atoms with Crippen molar-refractivity contribution < 1.29 is 40.6 Å². The minimum absolute atomic E-state index is 0.0352. The van der Waals surface area contributed by atoms with Gasteiger partial charge in [0.05, 0.1) is 0 Å². The Labute approximate surface area is 190 Å². The second-order valence-corrected chi connectivity index (χ2v) is 7.47. The number of carbonyl (C=O) groups is 1. The number of alkyl halides is 6. The third-order valence-corrected chi connectivity index (χ3v) is 5.32. The van der Waals surface area contributed by atoms with E-state index in [0.717, 1.165) is 24.3 Å². The van der Waals surface area contributed by atoms with Crippen LogP contribution in [0, 0.1) is 0 Å². The van der Waals surface area contributed by atoms with Crippen LogP contribution >= 0.6 is 0 Å². The molecular formula is C25H16F6O3. The fourth-order valence-electron chi connectivity index (χ4n) is 3.74. The summed E-state index contributed by atoms with van der Waals surface area (Å²) in [7, 11) is 0. The maximum absolute atomic E-state index is 14.7. The lowest BCUT2D eigenvalue weighted by molar-refractivity contribution is -0.386. The second-order valence-electron chi connectivity index (χ2n) is 7.47. The molecule has 3 nitrogen and oxygen atoms in total. The molecule has 3 aromatic carbocycles. The first-order valence-corrected chi connectivity index (χ1v) is 9.96. The van der Waals surface area contributed by atoms with Gasteiger partial charge in [-0.15, -0.1) is 0 Å². The number of hydrogen-bond donors (Lipinski definition) is 0. The summed E-state index contributed by atoms with van der Waals surface area (Å²) in [4.78, 5) is 12.8. The molecule has 0 radical (unpaired) electrons. The van der Waals surface area contributed by atoms with E-state index >= 15 is 0 Å². The normalized spacial score (nSPS) is 24.1. The molecule has 9 heteroatoms. The van der Waals surface area contributed by atoms with Crippen molar-refractivity contribution >= 4 is 5.78 Å². The minimum atomic E-state index is -5.44. The topological polar surface area (TPSA) is 35.5 Å². The first-order chi connectivity index (χ1) is 16.0. The SMILES string of the molecule is O=C(/C=C1\OC(c2ccccc2)(C(F)(F)F)OC1(c1ccccc1)C(F)(F)F)c1ccccc1. The van der Waals surface area contributed by atoms with Gasteiger partial charge in [0.25, 0.3) is 0 Å². The van der Waals surface area contributed by atoms with Gasteiger partial charge in [0.2, 0.25) is 5.60 Å². The van der Waals surface area contributed by atoms with E-state index in [1.807, 2.05) is 0 Å². The van der Waals surface area contributed by atoms with E-state index in [9.17, 15) is 31.1 Å². The average molecular weight is 478 g/mol. The Kier molecular flexibility index (Phi) is 5.77. The molecule has 34 heavy (non-hydrogen) atoms. The summed E-state index contributed by atoms with van der Waals surface area (Å²) < 4.78 is 97.6. The highest BCUT2D eigenvalue weighted by Gasteiger charge is 2.77. The minimum Gasteiger partial charge on any atom is -0.450 e. The van der Waals surface area contributed by atoms with Crippen LogP contribution in [0.25, 0.3) is 0 Å². The smallest absolute Gasteiger partial charge is 0.450 e. The van der Waals surface area contributed by atoms with Crippen LogP contribution in [0.4, 0.5) is 26.3 Å². The molecule has 3 aromatic rings. The van der Waals surface area contributed by atoms with Gasteiger partial charge >= 0.3 is 18.1 Å². The molecule has 0 bridgehead atoms. The Morgan fingerprint density at radius 2 is 1.15 bits per heavy atom. The van der Waals surface area contributed by atoms with Crippen LogP contribution < -0.4 is 0 Å². The number of carbonyl (C=O) groups excluding carboxylic acids is 1. The molecule has 2 atom stereocenters. The molecule has 1 aliphatic heterocycles. The number of ketones is 1. The molecule has 0 aliphatic carbocycles. The zero-order valence-corrected chi connectivity index (χ0v) is 17.2. The maximum atomic E-state index is 14.7. The van der Waals surface area contributed by atoms with E-state index in [0.29, 0.717) is 6.08 Å². The molecule has 0 N–H and O–H groups in total. The summed E-state index contributed by atoms with van der Waals surface area (Å²) in [6.45, 7) is 0. The van der Waals surface area contributed by atoms with Gasteiger partial charge in [-0.05, 0) is 0 Å². The van der Waals surface area contributed by atoms with E-state index < -0.39 is 46.4 Å². The van der Waals surface area contributed by atoms with Crippen LogP contribution in [0.15, 0.2) is 103 Å². The summed E-state index contributed by atoms with van der Waals surface area (Å²) in [5.74, 6) is -6.11. The van der Waals surface area contributed by atoms with Crippen LogP contribution in [-0.2, 0) is 20.9 Å². The summed E-state index contributed by atoms with van der Waals surface area (Å²) in [6.07, 6.45) is -10.5. The molecular weight excluding hydrogens is 462 g/mol. The molecule has 1 fully saturated rings. The second kappa shape index (κ2) is 8.32. The van der Waals surface area contributed by atoms with Crippen molar-refractivity contribution in [2.45, 2.75) is 23.7 Å². The van der Waals surface area contributed by atoms with E-state index in [-0.39, 0.29) is 5.56 Å². The highest BCUT2D eigenvalue weighted by atomic mass is 19.4. The molecule has 2 unspecified atom stereocenters. The summed E-state index contributed by atoms with van der Waals surface area (Å²) in [5, 5.41) is 0. The third kappa shape index (κ3) is 3.75. The van der Waals surface area contributed by atoms with Crippen molar-refractivity contribution in [3.05, 3.63) is 120 Å². The molecule has 0 amide bonds. The molecule has 0 saturated carbocycles. The molecule has 4 rings (SSSR count). The van der Waals surface area contributed by atoms with Crippen LogP contribution in [0.3, 0.4) is 0 Å². The number of allylic oxidation sites excluding steroid dienone is 1. The Morgan fingerprint density at radius 1 is 0.676 bits per heavy atom. The third-order valence-electron chi connectivity index (χ3n) is 5.32. The van der Waals surface area contributed by atoms with Gasteiger partial charge in [-0.1, -0.05) is 91.0 Å². The van der Waals surface area contributed by atoms with Gasteiger partial charge in [0.15, 0.2) is 11.5 Å². The molecule has 1 heterocycles. The fourth-order valence-corrected chi connectivity index (χ4v) is 3.74. The summed E-state index contributed by atoms with van der Waals surface area (Å²) in [5.41, 5.74) is -5.12. The van der Waals surface area contributed by atoms with E-state index in [2.05, 4.69) is 0 Å². The predicted octanol–water partition coefficient (Wildman–Crippen LogP) is 6.67. The number of ether oxygens (including phenoxy) is 2.